The van der Waals surface area contributed by atoms with Gasteiger partial charge in [-0.3, -0.25) is 0 Å². The van der Waals surface area contributed by atoms with Crippen LogP contribution in [0.4, 0.5) is 4.39 Å². The molecule has 0 aromatic heterocycles. The molecule has 8 nitrogen and oxygen atoms in total. The monoisotopic (exact) mass is 508 g/mol. The Bertz CT molecular complexity index is 1300. The van der Waals surface area contributed by atoms with Crippen molar-refractivity contribution in [3.63, 3.8) is 0 Å². The van der Waals surface area contributed by atoms with E-state index in [4.69, 9.17) is 30.5 Å². The minimum absolute atomic E-state index is 0.0499. The van der Waals surface area contributed by atoms with Crippen LogP contribution >= 0.6 is 11.6 Å². The zero-order valence-electron chi connectivity index (χ0n) is 18.5. The Balaban J connectivity index is 1.75. The Kier molecular flexibility index (Phi) is 8.19. The summed E-state index contributed by atoms with van der Waals surface area (Å²) in [5, 5.41) is 3.80. The third-order valence-electron chi connectivity index (χ3n) is 4.64. The summed E-state index contributed by atoms with van der Waals surface area (Å²) in [6, 6.07) is 13.5. The molecule has 0 heterocycles. The second-order valence-electron chi connectivity index (χ2n) is 6.81. The minimum Gasteiger partial charge on any atom is -0.497 e. The van der Waals surface area contributed by atoms with Crippen molar-refractivity contribution in [1.29, 1.82) is 0 Å². The molecule has 0 saturated carbocycles. The van der Waals surface area contributed by atoms with Crippen molar-refractivity contribution in [2.24, 2.45) is 5.10 Å². The van der Waals surface area contributed by atoms with Crippen LogP contribution in [0.2, 0.25) is 5.02 Å². The van der Waals surface area contributed by atoms with Crippen LogP contribution in [0.1, 0.15) is 11.1 Å². The number of rotatable bonds is 10. The van der Waals surface area contributed by atoms with Gasteiger partial charge in [0.1, 0.15) is 40.3 Å². The first-order chi connectivity index (χ1) is 16.3. The minimum atomic E-state index is -4.00. The summed E-state index contributed by atoms with van der Waals surface area (Å²) < 4.78 is 59.9. The predicted octanol–water partition coefficient (Wildman–Crippen LogP) is 4.40. The molecule has 0 aliphatic heterocycles. The average molecular weight is 509 g/mol. The van der Waals surface area contributed by atoms with Gasteiger partial charge in [-0.05, 0) is 48.0 Å². The van der Waals surface area contributed by atoms with Crippen LogP contribution in [0.25, 0.3) is 0 Å². The summed E-state index contributed by atoms with van der Waals surface area (Å²) in [4.78, 5) is 2.07. The number of halogens is 2. The Morgan fingerprint density at radius 3 is 2.35 bits per heavy atom. The molecule has 0 saturated heterocycles. The molecule has 0 unspecified atom stereocenters. The zero-order valence-corrected chi connectivity index (χ0v) is 20.1. The third kappa shape index (κ3) is 6.09. The van der Waals surface area contributed by atoms with E-state index in [-0.39, 0.29) is 22.3 Å². The van der Waals surface area contributed by atoms with Gasteiger partial charge in [-0.1, -0.05) is 11.6 Å². The molecular formula is C23H22ClFN2O6S. The van der Waals surface area contributed by atoms with E-state index >= 15 is 0 Å². The molecule has 0 radical (unpaired) electrons. The summed E-state index contributed by atoms with van der Waals surface area (Å²) >= 11 is 5.78. The quantitative estimate of drug-likeness (QED) is 0.322. The molecule has 0 aliphatic carbocycles. The molecule has 3 aromatic rings. The molecule has 3 rings (SSSR count). The van der Waals surface area contributed by atoms with Gasteiger partial charge in [-0.25, -0.2) is 4.39 Å². The molecule has 0 amide bonds. The standard InChI is InChI=1S/C23H22ClFN2O6S/c1-30-17-6-9-23(22(12-17)32-3)34(28,29)27-26-13-15-4-8-21(31-2)16(10-15)14-33-18-5-7-20(25)19(24)11-18/h4-13,27H,14H2,1-3H3. The van der Waals surface area contributed by atoms with Crippen molar-refractivity contribution in [2.75, 3.05) is 21.3 Å². The molecule has 1 N–H and O–H groups in total. The predicted molar refractivity (Wildman–Crippen MR) is 126 cm³/mol. The Morgan fingerprint density at radius 1 is 0.941 bits per heavy atom. The molecule has 34 heavy (non-hydrogen) atoms. The van der Waals surface area contributed by atoms with Gasteiger partial charge in [0, 0.05) is 17.7 Å². The largest absolute Gasteiger partial charge is 0.497 e. The van der Waals surface area contributed by atoms with Crippen molar-refractivity contribution in [3.05, 3.63) is 76.6 Å². The van der Waals surface area contributed by atoms with Crippen molar-refractivity contribution in [2.45, 2.75) is 11.5 Å². The summed E-state index contributed by atoms with van der Waals surface area (Å²) in [5.41, 5.74) is 1.24. The van der Waals surface area contributed by atoms with E-state index in [1.807, 2.05) is 0 Å². The number of methoxy groups -OCH3 is 3. The van der Waals surface area contributed by atoms with E-state index in [2.05, 4.69) is 9.93 Å². The first kappa shape index (κ1) is 25.1. The molecular weight excluding hydrogens is 487 g/mol. The van der Waals surface area contributed by atoms with Crippen LogP contribution in [0, 0.1) is 5.82 Å². The first-order valence-electron chi connectivity index (χ1n) is 9.79. The fourth-order valence-electron chi connectivity index (χ4n) is 2.94. The van der Waals surface area contributed by atoms with Gasteiger partial charge in [0.15, 0.2) is 0 Å². The number of nitrogens with one attached hydrogen (secondary N) is 1. The summed E-state index contributed by atoms with van der Waals surface area (Å²) in [7, 11) is 0.341. The molecule has 11 heteroatoms. The molecule has 0 aliphatic rings. The first-order valence-corrected chi connectivity index (χ1v) is 11.6. The fourth-order valence-corrected chi connectivity index (χ4v) is 4.05. The van der Waals surface area contributed by atoms with Crippen molar-refractivity contribution in [3.8, 4) is 23.0 Å². The second kappa shape index (κ2) is 11.1. The molecule has 0 atom stereocenters. The van der Waals surface area contributed by atoms with Crippen molar-refractivity contribution < 1.29 is 31.8 Å². The number of hydrogen-bond donors (Lipinski definition) is 1. The van der Waals surface area contributed by atoms with E-state index in [9.17, 15) is 12.8 Å². The molecule has 0 spiro atoms. The van der Waals surface area contributed by atoms with E-state index in [0.717, 1.165) is 0 Å². The number of hydrazone groups is 1. The van der Waals surface area contributed by atoms with Crippen LogP contribution in [0.15, 0.2) is 64.6 Å². The third-order valence-corrected chi connectivity index (χ3v) is 6.19. The molecule has 0 bridgehead atoms. The van der Waals surface area contributed by atoms with Gasteiger partial charge < -0.3 is 18.9 Å². The summed E-state index contributed by atoms with van der Waals surface area (Å²) in [6.07, 6.45) is 1.34. The molecule has 180 valence electrons. The highest BCUT2D eigenvalue weighted by molar-refractivity contribution is 7.89. The van der Waals surface area contributed by atoms with E-state index < -0.39 is 15.8 Å². The number of nitrogens with zero attached hydrogens (tertiary/aromatic N) is 1. The lowest BCUT2D eigenvalue weighted by Gasteiger charge is -2.12. The normalized spacial score (nSPS) is 11.3. The van der Waals surface area contributed by atoms with Gasteiger partial charge in [0.25, 0.3) is 10.0 Å². The van der Waals surface area contributed by atoms with Crippen LogP contribution in [-0.2, 0) is 16.6 Å². The van der Waals surface area contributed by atoms with Crippen LogP contribution in [0.3, 0.4) is 0 Å². The lowest BCUT2D eigenvalue weighted by atomic mass is 10.1. The van der Waals surface area contributed by atoms with Crippen molar-refractivity contribution in [1.82, 2.24) is 4.83 Å². The van der Waals surface area contributed by atoms with Gasteiger partial charge in [0.05, 0.1) is 32.6 Å². The van der Waals surface area contributed by atoms with E-state index in [0.29, 0.717) is 28.4 Å². The molecule has 3 aromatic carbocycles. The Labute approximate surface area is 201 Å². The van der Waals surface area contributed by atoms with E-state index in [1.165, 1.54) is 63.9 Å². The zero-order chi connectivity index (χ0) is 24.7. The number of benzene rings is 3. The molecule has 0 fully saturated rings. The van der Waals surface area contributed by atoms with Crippen LogP contribution < -0.4 is 23.8 Å². The highest BCUT2D eigenvalue weighted by Crippen LogP contribution is 2.28. The maximum absolute atomic E-state index is 13.3. The number of ether oxygens (including phenoxy) is 4. The lowest BCUT2D eigenvalue weighted by molar-refractivity contribution is 0.296. The second-order valence-corrected chi connectivity index (χ2v) is 8.84. The highest BCUT2D eigenvalue weighted by Gasteiger charge is 2.19. The van der Waals surface area contributed by atoms with Gasteiger partial charge in [-0.15, -0.1) is 0 Å². The highest BCUT2D eigenvalue weighted by atomic mass is 35.5. The van der Waals surface area contributed by atoms with Gasteiger partial charge in [0.2, 0.25) is 0 Å². The van der Waals surface area contributed by atoms with Gasteiger partial charge in [-0.2, -0.15) is 18.4 Å². The van der Waals surface area contributed by atoms with E-state index in [1.54, 1.807) is 18.2 Å². The van der Waals surface area contributed by atoms with Gasteiger partial charge >= 0.3 is 0 Å². The number of hydrogen-bond acceptors (Lipinski definition) is 7. The fraction of sp³-hybridized carbons (Fsp3) is 0.174. The topological polar surface area (TPSA) is 95.5 Å². The summed E-state index contributed by atoms with van der Waals surface area (Å²) in [6.45, 7) is 0.0988. The Hall–Kier alpha value is -3.50. The average Bonchev–Trinajstić information content (AvgIpc) is 2.84. The smallest absolute Gasteiger partial charge is 0.280 e. The Morgan fingerprint density at radius 2 is 1.68 bits per heavy atom. The lowest BCUT2D eigenvalue weighted by Crippen LogP contribution is -2.19. The van der Waals surface area contributed by atoms with Crippen molar-refractivity contribution >= 4 is 27.8 Å². The summed E-state index contributed by atoms with van der Waals surface area (Å²) in [5.74, 6) is 0.962. The van der Waals surface area contributed by atoms with Crippen LogP contribution in [-0.4, -0.2) is 36.0 Å². The van der Waals surface area contributed by atoms with Crippen LogP contribution in [0.5, 0.6) is 23.0 Å². The SMILES string of the molecule is COc1ccc(S(=O)(=O)NN=Cc2ccc(OC)c(COc3ccc(F)c(Cl)c3)c2)c(OC)c1. The number of sulfonamides is 1. The maximum atomic E-state index is 13.3. The maximum Gasteiger partial charge on any atom is 0.280 e.